The van der Waals surface area contributed by atoms with E-state index < -0.39 is 11.5 Å². The summed E-state index contributed by atoms with van der Waals surface area (Å²) in [5.74, 6) is -1.10. The Balaban J connectivity index is 1.83. The van der Waals surface area contributed by atoms with Gasteiger partial charge in [-0.2, -0.15) is 0 Å². The summed E-state index contributed by atoms with van der Waals surface area (Å²) < 4.78 is 5.52. The van der Waals surface area contributed by atoms with Crippen molar-refractivity contribution in [1.82, 2.24) is 10.3 Å². The molecule has 2 heterocycles. The highest BCUT2D eigenvalue weighted by atomic mass is 16.4. The predicted octanol–water partition coefficient (Wildman–Crippen LogP) is 2.65. The highest BCUT2D eigenvalue weighted by Crippen LogP contribution is 2.33. The van der Waals surface area contributed by atoms with Crippen LogP contribution >= 0.6 is 0 Å². The minimum absolute atomic E-state index is 0.0592. The van der Waals surface area contributed by atoms with Gasteiger partial charge in [0.05, 0.1) is 12.0 Å². The summed E-state index contributed by atoms with van der Waals surface area (Å²) in [4.78, 5) is 27.8. The quantitative estimate of drug-likeness (QED) is 0.905. The predicted molar refractivity (Wildman–Crippen MR) is 79.7 cm³/mol. The number of aliphatic carboxylic acids is 1. The van der Waals surface area contributed by atoms with E-state index in [1.165, 1.54) is 0 Å². The van der Waals surface area contributed by atoms with Gasteiger partial charge in [-0.05, 0) is 31.9 Å². The van der Waals surface area contributed by atoms with Gasteiger partial charge >= 0.3 is 5.97 Å². The van der Waals surface area contributed by atoms with Crippen LogP contribution in [0, 0.1) is 6.92 Å². The fourth-order valence-electron chi connectivity index (χ4n) is 3.13. The molecule has 0 bridgehead atoms. The summed E-state index contributed by atoms with van der Waals surface area (Å²) in [5.41, 5.74) is 1.36. The molecule has 1 amide bonds. The number of carboxylic acids is 1. The van der Waals surface area contributed by atoms with E-state index in [0.717, 1.165) is 18.5 Å². The van der Waals surface area contributed by atoms with Crippen LogP contribution in [-0.2, 0) is 4.79 Å². The lowest BCUT2D eigenvalue weighted by molar-refractivity contribution is -0.138. The van der Waals surface area contributed by atoms with E-state index in [1.54, 1.807) is 12.1 Å². The zero-order valence-corrected chi connectivity index (χ0v) is 12.4. The second-order valence-electron chi connectivity index (χ2n) is 5.96. The number of fused-ring (bicyclic) bond motifs is 1. The van der Waals surface area contributed by atoms with Crippen molar-refractivity contribution in [3.63, 3.8) is 0 Å². The molecule has 2 aromatic heterocycles. The molecular formula is C16H18N2O4. The van der Waals surface area contributed by atoms with Gasteiger partial charge < -0.3 is 14.8 Å². The largest absolute Gasteiger partial charge is 0.481 e. The van der Waals surface area contributed by atoms with E-state index in [4.69, 9.17) is 9.52 Å². The number of furan rings is 1. The number of amides is 1. The monoisotopic (exact) mass is 302 g/mol. The fraction of sp³-hybridized carbons (Fsp3) is 0.438. The van der Waals surface area contributed by atoms with Crippen LogP contribution in [0.4, 0.5) is 0 Å². The molecule has 2 N–H and O–H groups in total. The van der Waals surface area contributed by atoms with Gasteiger partial charge in [-0.25, -0.2) is 4.98 Å². The van der Waals surface area contributed by atoms with E-state index in [-0.39, 0.29) is 18.1 Å². The second kappa shape index (κ2) is 5.44. The Hall–Kier alpha value is -2.37. The molecule has 0 saturated heterocycles. The van der Waals surface area contributed by atoms with Crippen molar-refractivity contribution in [3.8, 4) is 0 Å². The van der Waals surface area contributed by atoms with Crippen molar-refractivity contribution in [3.05, 3.63) is 29.7 Å². The van der Waals surface area contributed by atoms with Gasteiger partial charge in [-0.3, -0.25) is 9.59 Å². The number of aromatic nitrogens is 1. The summed E-state index contributed by atoms with van der Waals surface area (Å²) in [6.45, 7) is 1.87. The normalized spacial score (nSPS) is 16.8. The first kappa shape index (κ1) is 14.6. The SMILES string of the molecule is Cc1ccc2oc(C(=O)NC3(CC(=O)O)CCCC3)cc2n1. The second-order valence-corrected chi connectivity index (χ2v) is 5.96. The molecule has 1 saturated carbocycles. The van der Waals surface area contributed by atoms with Crippen LogP contribution in [-0.4, -0.2) is 27.5 Å². The Morgan fingerprint density at radius 2 is 2.09 bits per heavy atom. The maximum Gasteiger partial charge on any atom is 0.305 e. The maximum absolute atomic E-state index is 12.4. The summed E-state index contributed by atoms with van der Waals surface area (Å²) in [6.07, 6.45) is 3.16. The number of carbonyl (C=O) groups excluding carboxylic acids is 1. The minimum atomic E-state index is -0.899. The van der Waals surface area contributed by atoms with Crippen LogP contribution < -0.4 is 5.32 Å². The lowest BCUT2D eigenvalue weighted by Crippen LogP contribution is -2.47. The highest BCUT2D eigenvalue weighted by molar-refractivity contribution is 5.96. The van der Waals surface area contributed by atoms with Crippen molar-refractivity contribution < 1.29 is 19.1 Å². The standard InChI is InChI=1S/C16H18N2O4/c1-10-4-5-12-11(17-10)8-13(22-12)15(21)18-16(9-14(19)20)6-2-3-7-16/h4-5,8H,2-3,6-7,9H2,1H3,(H,18,21)(H,19,20). The van der Waals surface area contributed by atoms with Crippen molar-refractivity contribution in [2.75, 3.05) is 0 Å². The molecule has 0 atom stereocenters. The van der Waals surface area contributed by atoms with Crippen molar-refractivity contribution >= 4 is 23.0 Å². The maximum atomic E-state index is 12.4. The van der Waals surface area contributed by atoms with Crippen molar-refractivity contribution in [1.29, 1.82) is 0 Å². The lowest BCUT2D eigenvalue weighted by atomic mass is 9.93. The van der Waals surface area contributed by atoms with Crippen LogP contribution in [0.25, 0.3) is 11.1 Å². The number of hydrogen-bond donors (Lipinski definition) is 2. The number of nitrogens with one attached hydrogen (secondary N) is 1. The van der Waals surface area contributed by atoms with E-state index in [0.29, 0.717) is 23.9 Å². The Morgan fingerprint density at radius 1 is 1.36 bits per heavy atom. The van der Waals surface area contributed by atoms with Crippen LogP contribution in [0.3, 0.4) is 0 Å². The van der Waals surface area contributed by atoms with Gasteiger partial charge in [0.15, 0.2) is 11.3 Å². The molecule has 6 heteroatoms. The smallest absolute Gasteiger partial charge is 0.305 e. The van der Waals surface area contributed by atoms with Crippen LogP contribution in [0.15, 0.2) is 22.6 Å². The zero-order chi connectivity index (χ0) is 15.7. The van der Waals surface area contributed by atoms with Gasteiger partial charge in [0.1, 0.15) is 5.52 Å². The van der Waals surface area contributed by atoms with Gasteiger partial charge in [0, 0.05) is 11.8 Å². The summed E-state index contributed by atoms with van der Waals surface area (Å²) in [6, 6.07) is 5.19. The van der Waals surface area contributed by atoms with Crippen LogP contribution in [0.5, 0.6) is 0 Å². The number of aryl methyl sites for hydroxylation is 1. The van der Waals surface area contributed by atoms with E-state index in [1.807, 2.05) is 13.0 Å². The number of nitrogens with zero attached hydrogens (tertiary/aromatic N) is 1. The number of carbonyl (C=O) groups is 2. The first-order valence-corrected chi connectivity index (χ1v) is 7.39. The molecule has 22 heavy (non-hydrogen) atoms. The minimum Gasteiger partial charge on any atom is -0.481 e. The topological polar surface area (TPSA) is 92.4 Å². The van der Waals surface area contributed by atoms with Crippen molar-refractivity contribution in [2.24, 2.45) is 0 Å². The lowest BCUT2D eigenvalue weighted by Gasteiger charge is -2.28. The van der Waals surface area contributed by atoms with Gasteiger partial charge in [-0.1, -0.05) is 12.8 Å². The number of rotatable bonds is 4. The summed E-state index contributed by atoms with van der Waals surface area (Å²) in [5, 5.41) is 12.0. The molecule has 116 valence electrons. The van der Waals surface area contributed by atoms with Crippen molar-refractivity contribution in [2.45, 2.75) is 44.6 Å². The van der Waals surface area contributed by atoms with E-state index >= 15 is 0 Å². The first-order valence-electron chi connectivity index (χ1n) is 7.39. The summed E-state index contributed by atoms with van der Waals surface area (Å²) >= 11 is 0. The molecule has 3 rings (SSSR count). The third-order valence-corrected chi connectivity index (χ3v) is 4.17. The van der Waals surface area contributed by atoms with Crippen LogP contribution in [0.2, 0.25) is 0 Å². The molecule has 1 aliphatic rings. The molecule has 0 spiro atoms. The average molecular weight is 302 g/mol. The Bertz CT molecular complexity index is 729. The molecular weight excluding hydrogens is 284 g/mol. The van der Waals surface area contributed by atoms with E-state index in [9.17, 15) is 9.59 Å². The molecule has 0 aliphatic heterocycles. The number of hydrogen-bond acceptors (Lipinski definition) is 4. The average Bonchev–Trinajstić information content (AvgIpc) is 3.04. The Morgan fingerprint density at radius 3 is 2.77 bits per heavy atom. The van der Waals surface area contributed by atoms with Gasteiger partial charge in [-0.15, -0.1) is 0 Å². The highest BCUT2D eigenvalue weighted by Gasteiger charge is 2.38. The third-order valence-electron chi connectivity index (χ3n) is 4.17. The Labute approximate surface area is 127 Å². The molecule has 1 fully saturated rings. The molecule has 1 aliphatic carbocycles. The van der Waals surface area contributed by atoms with Gasteiger partial charge in [0.25, 0.3) is 5.91 Å². The molecule has 0 aromatic carbocycles. The zero-order valence-electron chi connectivity index (χ0n) is 12.4. The number of pyridine rings is 1. The molecule has 6 nitrogen and oxygen atoms in total. The van der Waals surface area contributed by atoms with Gasteiger partial charge in [0.2, 0.25) is 0 Å². The third kappa shape index (κ3) is 2.81. The molecule has 2 aromatic rings. The fourth-order valence-corrected chi connectivity index (χ4v) is 3.13. The Kier molecular flexibility index (Phi) is 3.60. The summed E-state index contributed by atoms with van der Waals surface area (Å²) in [7, 11) is 0. The molecule has 0 radical (unpaired) electrons. The molecule has 0 unspecified atom stereocenters. The van der Waals surface area contributed by atoms with Crippen LogP contribution in [0.1, 0.15) is 48.4 Å². The first-order chi connectivity index (χ1) is 10.5. The van der Waals surface area contributed by atoms with E-state index in [2.05, 4.69) is 10.3 Å². The number of carboxylic acid groups (broad SMARTS) is 1.